The summed E-state index contributed by atoms with van der Waals surface area (Å²) in [5.74, 6) is 1.55. The summed E-state index contributed by atoms with van der Waals surface area (Å²) in [7, 11) is 1.65. The van der Waals surface area contributed by atoms with Gasteiger partial charge >= 0.3 is 6.03 Å². The topological polar surface area (TPSA) is 44.4 Å². The van der Waals surface area contributed by atoms with Gasteiger partial charge in [0.1, 0.15) is 0 Å². The van der Waals surface area contributed by atoms with E-state index in [9.17, 15) is 4.79 Å². The Morgan fingerprint density at radius 1 is 1.38 bits per heavy atom. The highest BCUT2D eigenvalue weighted by molar-refractivity contribution is 5.73. The first-order valence-corrected chi connectivity index (χ1v) is 6.21. The molecule has 0 aromatic carbocycles. The maximum atomic E-state index is 11.2. The lowest BCUT2D eigenvalue weighted by atomic mass is 9.92. The Balaban J connectivity index is 2.32. The summed E-state index contributed by atoms with van der Waals surface area (Å²) < 4.78 is 0. The fraction of sp³-hybridized carbons (Fsp3) is 0.917. The molecule has 3 unspecified atom stereocenters. The van der Waals surface area contributed by atoms with Crippen molar-refractivity contribution in [3.63, 3.8) is 0 Å². The lowest BCUT2D eigenvalue weighted by Gasteiger charge is -2.36. The van der Waals surface area contributed by atoms with Crippen LogP contribution in [-0.2, 0) is 0 Å². The van der Waals surface area contributed by atoms with E-state index in [0.29, 0.717) is 0 Å². The lowest BCUT2D eigenvalue weighted by molar-refractivity contribution is 0.131. The SMILES string of the molecule is CNC(=O)NC(C)CN1CC(C)CC(C)C1. The minimum atomic E-state index is -0.0920. The molecule has 2 amide bonds. The molecule has 0 bridgehead atoms. The van der Waals surface area contributed by atoms with Gasteiger partial charge in [0, 0.05) is 32.7 Å². The molecule has 4 heteroatoms. The number of amides is 2. The molecule has 0 aliphatic carbocycles. The largest absolute Gasteiger partial charge is 0.341 e. The highest BCUT2D eigenvalue weighted by Gasteiger charge is 2.22. The highest BCUT2D eigenvalue weighted by atomic mass is 16.2. The van der Waals surface area contributed by atoms with E-state index in [4.69, 9.17) is 0 Å². The Morgan fingerprint density at radius 2 is 1.94 bits per heavy atom. The van der Waals surface area contributed by atoms with Gasteiger partial charge in [-0.15, -0.1) is 0 Å². The summed E-state index contributed by atoms with van der Waals surface area (Å²) in [6.45, 7) is 9.93. The van der Waals surface area contributed by atoms with Gasteiger partial charge in [-0.2, -0.15) is 0 Å². The number of nitrogens with zero attached hydrogens (tertiary/aromatic N) is 1. The van der Waals surface area contributed by atoms with Crippen molar-refractivity contribution in [2.75, 3.05) is 26.7 Å². The molecule has 0 aromatic rings. The molecular formula is C12H25N3O. The van der Waals surface area contributed by atoms with Crippen LogP contribution in [0.5, 0.6) is 0 Å². The molecule has 1 aliphatic rings. The molecule has 1 saturated heterocycles. The third kappa shape index (κ3) is 4.39. The second-order valence-corrected chi connectivity index (χ2v) is 5.29. The van der Waals surface area contributed by atoms with Crippen LogP contribution in [0.1, 0.15) is 27.2 Å². The van der Waals surface area contributed by atoms with Crippen LogP contribution in [0.15, 0.2) is 0 Å². The molecule has 0 spiro atoms. The number of carbonyl (C=O) groups excluding carboxylic acids is 1. The number of urea groups is 1. The van der Waals surface area contributed by atoms with E-state index in [1.54, 1.807) is 7.05 Å². The smallest absolute Gasteiger partial charge is 0.314 e. The number of likely N-dealkylation sites (tertiary alicyclic amines) is 1. The van der Waals surface area contributed by atoms with Crippen molar-refractivity contribution in [3.8, 4) is 0 Å². The maximum absolute atomic E-state index is 11.2. The van der Waals surface area contributed by atoms with Crippen LogP contribution in [-0.4, -0.2) is 43.7 Å². The summed E-state index contributed by atoms with van der Waals surface area (Å²) in [5, 5.41) is 5.50. The van der Waals surface area contributed by atoms with E-state index >= 15 is 0 Å². The molecule has 1 heterocycles. The van der Waals surface area contributed by atoms with Gasteiger partial charge in [-0.3, -0.25) is 0 Å². The molecule has 3 atom stereocenters. The van der Waals surface area contributed by atoms with Gasteiger partial charge in [-0.1, -0.05) is 13.8 Å². The zero-order valence-corrected chi connectivity index (χ0v) is 10.9. The van der Waals surface area contributed by atoms with Crippen molar-refractivity contribution in [2.24, 2.45) is 11.8 Å². The number of hydrogen-bond donors (Lipinski definition) is 2. The third-order valence-electron chi connectivity index (χ3n) is 3.08. The van der Waals surface area contributed by atoms with Crippen molar-refractivity contribution in [1.82, 2.24) is 15.5 Å². The normalized spacial score (nSPS) is 28.5. The molecule has 2 N–H and O–H groups in total. The average Bonchev–Trinajstić information content (AvgIpc) is 2.15. The molecule has 0 saturated carbocycles. The fourth-order valence-electron chi connectivity index (χ4n) is 2.67. The first-order valence-electron chi connectivity index (χ1n) is 6.21. The van der Waals surface area contributed by atoms with Gasteiger partial charge in [-0.05, 0) is 25.2 Å². The van der Waals surface area contributed by atoms with Gasteiger partial charge in [0.2, 0.25) is 0 Å². The van der Waals surface area contributed by atoms with Gasteiger partial charge in [0.25, 0.3) is 0 Å². The molecule has 1 rings (SSSR count). The molecular weight excluding hydrogens is 202 g/mol. The number of rotatable bonds is 3. The Hall–Kier alpha value is -0.770. The van der Waals surface area contributed by atoms with Gasteiger partial charge in [0.15, 0.2) is 0 Å². The van der Waals surface area contributed by atoms with Crippen LogP contribution < -0.4 is 10.6 Å². The molecule has 0 radical (unpaired) electrons. The number of piperidine rings is 1. The van der Waals surface area contributed by atoms with Crippen LogP contribution in [0.3, 0.4) is 0 Å². The van der Waals surface area contributed by atoms with E-state index in [1.807, 2.05) is 0 Å². The Kier molecular flexibility index (Phi) is 5.06. The summed E-state index contributed by atoms with van der Waals surface area (Å²) >= 11 is 0. The Bertz CT molecular complexity index is 222. The molecule has 1 aliphatic heterocycles. The van der Waals surface area contributed by atoms with Crippen molar-refractivity contribution in [2.45, 2.75) is 33.2 Å². The second-order valence-electron chi connectivity index (χ2n) is 5.29. The summed E-state index contributed by atoms with van der Waals surface area (Å²) in [6, 6.07) is 0.114. The molecule has 16 heavy (non-hydrogen) atoms. The fourth-order valence-corrected chi connectivity index (χ4v) is 2.67. The van der Waals surface area contributed by atoms with Crippen LogP contribution in [0.4, 0.5) is 4.79 Å². The maximum Gasteiger partial charge on any atom is 0.314 e. The lowest BCUT2D eigenvalue weighted by Crippen LogP contribution is -2.48. The third-order valence-corrected chi connectivity index (χ3v) is 3.08. The van der Waals surface area contributed by atoms with Crippen molar-refractivity contribution >= 4 is 6.03 Å². The second kappa shape index (κ2) is 6.09. The first-order chi connectivity index (χ1) is 7.51. The molecule has 1 fully saturated rings. The van der Waals surface area contributed by atoms with Crippen LogP contribution in [0.2, 0.25) is 0 Å². The van der Waals surface area contributed by atoms with Crippen LogP contribution >= 0.6 is 0 Å². The monoisotopic (exact) mass is 227 g/mol. The first kappa shape index (κ1) is 13.3. The Labute approximate surface area is 98.8 Å². The van der Waals surface area contributed by atoms with Gasteiger partial charge < -0.3 is 15.5 Å². The number of nitrogens with one attached hydrogen (secondary N) is 2. The molecule has 4 nitrogen and oxygen atoms in total. The zero-order chi connectivity index (χ0) is 12.1. The van der Waals surface area contributed by atoms with Crippen molar-refractivity contribution < 1.29 is 4.79 Å². The van der Waals surface area contributed by atoms with Crippen molar-refractivity contribution in [3.05, 3.63) is 0 Å². The highest BCUT2D eigenvalue weighted by Crippen LogP contribution is 2.20. The standard InChI is InChI=1S/C12H25N3O/c1-9-5-10(2)7-15(6-9)8-11(3)14-12(16)13-4/h9-11H,5-8H2,1-4H3,(H2,13,14,16). The van der Waals surface area contributed by atoms with E-state index < -0.39 is 0 Å². The van der Waals surface area contributed by atoms with E-state index in [0.717, 1.165) is 31.5 Å². The van der Waals surface area contributed by atoms with E-state index in [1.165, 1.54) is 6.42 Å². The average molecular weight is 227 g/mol. The van der Waals surface area contributed by atoms with Crippen molar-refractivity contribution in [1.29, 1.82) is 0 Å². The predicted octanol–water partition coefficient (Wildman–Crippen LogP) is 1.28. The zero-order valence-electron chi connectivity index (χ0n) is 10.9. The van der Waals surface area contributed by atoms with Crippen LogP contribution in [0.25, 0.3) is 0 Å². The summed E-state index contributed by atoms with van der Waals surface area (Å²) in [5.41, 5.74) is 0. The minimum absolute atomic E-state index is 0.0920. The van der Waals surface area contributed by atoms with Gasteiger partial charge in [0.05, 0.1) is 0 Å². The summed E-state index contributed by atoms with van der Waals surface area (Å²) in [6.07, 6.45) is 1.33. The Morgan fingerprint density at radius 3 is 2.44 bits per heavy atom. The molecule has 0 aromatic heterocycles. The van der Waals surface area contributed by atoms with Crippen LogP contribution in [0, 0.1) is 11.8 Å². The van der Waals surface area contributed by atoms with E-state index in [-0.39, 0.29) is 12.1 Å². The number of carbonyl (C=O) groups is 1. The quantitative estimate of drug-likeness (QED) is 0.763. The molecule has 94 valence electrons. The minimum Gasteiger partial charge on any atom is -0.341 e. The van der Waals surface area contributed by atoms with Gasteiger partial charge in [-0.25, -0.2) is 4.79 Å². The number of hydrogen-bond acceptors (Lipinski definition) is 2. The summed E-state index contributed by atoms with van der Waals surface area (Å²) in [4.78, 5) is 13.6. The van der Waals surface area contributed by atoms with E-state index in [2.05, 4.69) is 36.3 Å². The predicted molar refractivity (Wildman–Crippen MR) is 66.4 cm³/mol.